The second-order valence-electron chi connectivity index (χ2n) is 6.76. The van der Waals surface area contributed by atoms with Gasteiger partial charge in [-0.25, -0.2) is 4.98 Å². The normalized spacial score (nSPS) is 15.9. The lowest BCUT2D eigenvalue weighted by Crippen LogP contribution is -2.30. The largest absolute Gasteiger partial charge is 0.493 e. The maximum atomic E-state index is 12.5. The Hall–Kier alpha value is -3.29. The molecule has 154 valence electrons. The molecule has 0 aliphatic carbocycles. The smallest absolute Gasteiger partial charge is 0.229 e. The molecule has 1 saturated heterocycles. The maximum absolute atomic E-state index is 12.5. The van der Waals surface area contributed by atoms with E-state index in [-0.39, 0.29) is 24.2 Å². The average molecular weight is 399 g/mol. The summed E-state index contributed by atoms with van der Waals surface area (Å²) in [6.45, 7) is 0.948. The summed E-state index contributed by atoms with van der Waals surface area (Å²) in [6, 6.07) is 9.09. The molecule has 1 fully saturated rings. The lowest BCUT2D eigenvalue weighted by Gasteiger charge is -2.17. The van der Waals surface area contributed by atoms with Crippen molar-refractivity contribution in [1.82, 2.24) is 9.88 Å². The van der Waals surface area contributed by atoms with Crippen molar-refractivity contribution >= 4 is 17.5 Å². The number of nitrogens with zero attached hydrogens (tertiary/aromatic N) is 2. The van der Waals surface area contributed by atoms with Crippen molar-refractivity contribution in [2.75, 3.05) is 39.7 Å². The number of carbonyl (C=O) groups is 2. The molecule has 29 heavy (non-hydrogen) atoms. The third kappa shape index (κ3) is 4.96. The van der Waals surface area contributed by atoms with Crippen LogP contribution in [0.1, 0.15) is 12.0 Å². The van der Waals surface area contributed by atoms with Gasteiger partial charge < -0.3 is 24.4 Å². The van der Waals surface area contributed by atoms with Gasteiger partial charge in [-0.3, -0.25) is 9.59 Å². The third-order valence-corrected chi connectivity index (χ3v) is 4.92. The van der Waals surface area contributed by atoms with Crippen molar-refractivity contribution in [3.8, 4) is 17.4 Å². The fraction of sp³-hybridized carbons (Fsp3) is 0.381. The van der Waals surface area contributed by atoms with Crippen LogP contribution in [0, 0.1) is 5.92 Å². The zero-order valence-corrected chi connectivity index (χ0v) is 16.8. The number of likely N-dealkylation sites (tertiary alicyclic amines) is 1. The van der Waals surface area contributed by atoms with Crippen LogP contribution in [-0.4, -0.2) is 56.1 Å². The van der Waals surface area contributed by atoms with Crippen LogP contribution in [-0.2, 0) is 16.0 Å². The van der Waals surface area contributed by atoms with Crippen molar-refractivity contribution in [1.29, 1.82) is 0 Å². The van der Waals surface area contributed by atoms with Gasteiger partial charge in [-0.2, -0.15) is 0 Å². The van der Waals surface area contributed by atoms with Crippen molar-refractivity contribution in [2.24, 2.45) is 5.92 Å². The fourth-order valence-corrected chi connectivity index (χ4v) is 3.28. The Bertz CT molecular complexity index is 869. The summed E-state index contributed by atoms with van der Waals surface area (Å²) in [7, 11) is 4.71. The van der Waals surface area contributed by atoms with E-state index in [0.29, 0.717) is 42.6 Å². The Balaban J connectivity index is 1.55. The average Bonchev–Trinajstić information content (AvgIpc) is 3.13. The van der Waals surface area contributed by atoms with E-state index in [2.05, 4.69) is 10.3 Å². The summed E-state index contributed by atoms with van der Waals surface area (Å²) in [5, 5.41) is 2.81. The molecule has 0 radical (unpaired) electrons. The van der Waals surface area contributed by atoms with Gasteiger partial charge in [0.2, 0.25) is 17.7 Å². The Morgan fingerprint density at radius 2 is 1.93 bits per heavy atom. The fourth-order valence-electron chi connectivity index (χ4n) is 3.28. The highest BCUT2D eigenvalue weighted by molar-refractivity contribution is 5.97. The lowest BCUT2D eigenvalue weighted by molar-refractivity contribution is -0.128. The van der Waals surface area contributed by atoms with Gasteiger partial charge in [0.15, 0.2) is 11.5 Å². The number of carbonyl (C=O) groups excluding carboxylic acids is 2. The predicted molar refractivity (Wildman–Crippen MR) is 107 cm³/mol. The molecule has 2 amide bonds. The molecule has 2 heterocycles. The number of aromatic nitrogens is 1. The van der Waals surface area contributed by atoms with Gasteiger partial charge in [-0.1, -0.05) is 6.07 Å². The first-order chi connectivity index (χ1) is 14.0. The van der Waals surface area contributed by atoms with Crippen LogP contribution < -0.4 is 19.5 Å². The van der Waals surface area contributed by atoms with Crippen molar-refractivity contribution < 1.29 is 23.8 Å². The van der Waals surface area contributed by atoms with E-state index < -0.39 is 0 Å². The zero-order valence-electron chi connectivity index (χ0n) is 16.8. The molecule has 1 aliphatic heterocycles. The SMILES string of the molecule is COc1ccc(NC(=O)C2CC(=O)N(CCc3ccc(OC)c(OC)c3)C2)cn1. The van der Waals surface area contributed by atoms with Gasteiger partial charge in [-0.15, -0.1) is 0 Å². The Labute approximate surface area is 169 Å². The molecule has 0 saturated carbocycles. The van der Waals surface area contributed by atoms with Crippen LogP contribution in [0.5, 0.6) is 17.4 Å². The second-order valence-corrected chi connectivity index (χ2v) is 6.76. The van der Waals surface area contributed by atoms with E-state index >= 15 is 0 Å². The highest BCUT2D eigenvalue weighted by Gasteiger charge is 2.34. The Kier molecular flexibility index (Phi) is 6.54. The van der Waals surface area contributed by atoms with Gasteiger partial charge in [-0.05, 0) is 30.2 Å². The van der Waals surface area contributed by atoms with E-state index in [4.69, 9.17) is 14.2 Å². The molecule has 1 N–H and O–H groups in total. The predicted octanol–water partition coefficient (Wildman–Crippen LogP) is 2.14. The first-order valence-electron chi connectivity index (χ1n) is 9.33. The number of nitrogens with one attached hydrogen (secondary N) is 1. The van der Waals surface area contributed by atoms with Gasteiger partial charge in [0.25, 0.3) is 0 Å². The minimum atomic E-state index is -0.380. The summed E-state index contributed by atoms with van der Waals surface area (Å²) in [4.78, 5) is 30.6. The molecule has 8 nitrogen and oxygen atoms in total. The van der Waals surface area contributed by atoms with E-state index in [9.17, 15) is 9.59 Å². The number of benzene rings is 1. The highest BCUT2D eigenvalue weighted by atomic mass is 16.5. The standard InChI is InChI=1S/C21H25N3O5/c1-27-17-6-4-14(10-18(17)28-2)8-9-24-13-15(11-20(24)25)21(26)23-16-5-7-19(29-3)22-12-16/h4-7,10,12,15H,8-9,11,13H2,1-3H3,(H,23,26). The molecule has 0 bridgehead atoms. The molecule has 8 heteroatoms. The lowest BCUT2D eigenvalue weighted by atomic mass is 10.1. The van der Waals surface area contributed by atoms with Crippen molar-refractivity contribution in [3.63, 3.8) is 0 Å². The number of amides is 2. The summed E-state index contributed by atoms with van der Waals surface area (Å²) in [6.07, 6.45) is 2.41. The van der Waals surface area contributed by atoms with Gasteiger partial charge in [0.1, 0.15) is 0 Å². The molecule has 1 aromatic heterocycles. The first-order valence-corrected chi connectivity index (χ1v) is 9.33. The van der Waals surface area contributed by atoms with Crippen LogP contribution in [0.4, 0.5) is 5.69 Å². The summed E-state index contributed by atoms with van der Waals surface area (Å²) < 4.78 is 15.6. The molecular formula is C21H25N3O5. The van der Waals surface area contributed by atoms with Crippen LogP contribution in [0.3, 0.4) is 0 Å². The topological polar surface area (TPSA) is 90.0 Å². The quantitative estimate of drug-likeness (QED) is 0.732. The first kappa shape index (κ1) is 20.4. The van der Waals surface area contributed by atoms with Gasteiger partial charge >= 0.3 is 0 Å². The molecule has 0 spiro atoms. The van der Waals surface area contributed by atoms with E-state index in [1.54, 1.807) is 31.3 Å². The van der Waals surface area contributed by atoms with Gasteiger partial charge in [0, 0.05) is 25.6 Å². The number of pyridine rings is 1. The minimum absolute atomic E-state index is 0.0153. The van der Waals surface area contributed by atoms with Crippen LogP contribution in [0.15, 0.2) is 36.5 Å². The number of rotatable bonds is 8. The molecule has 1 atom stereocenters. The Morgan fingerprint density at radius 1 is 1.14 bits per heavy atom. The molecule has 1 aromatic carbocycles. The summed E-state index contributed by atoms with van der Waals surface area (Å²) in [5.74, 6) is 1.22. The summed E-state index contributed by atoms with van der Waals surface area (Å²) in [5.41, 5.74) is 1.61. The number of methoxy groups -OCH3 is 3. The molecule has 1 aliphatic rings. The van der Waals surface area contributed by atoms with E-state index in [1.807, 2.05) is 18.2 Å². The number of anilines is 1. The molecule has 1 unspecified atom stereocenters. The number of hydrogen-bond donors (Lipinski definition) is 1. The van der Waals surface area contributed by atoms with Crippen LogP contribution >= 0.6 is 0 Å². The van der Waals surface area contributed by atoms with Crippen LogP contribution in [0.25, 0.3) is 0 Å². The number of ether oxygens (including phenoxy) is 3. The van der Waals surface area contributed by atoms with Crippen molar-refractivity contribution in [3.05, 3.63) is 42.1 Å². The zero-order chi connectivity index (χ0) is 20.8. The molecular weight excluding hydrogens is 374 g/mol. The molecule has 3 rings (SSSR count). The van der Waals surface area contributed by atoms with E-state index in [1.165, 1.54) is 13.3 Å². The monoisotopic (exact) mass is 399 g/mol. The summed E-state index contributed by atoms with van der Waals surface area (Å²) >= 11 is 0. The van der Waals surface area contributed by atoms with E-state index in [0.717, 1.165) is 5.56 Å². The molecule has 2 aromatic rings. The van der Waals surface area contributed by atoms with Crippen molar-refractivity contribution in [2.45, 2.75) is 12.8 Å². The van der Waals surface area contributed by atoms with Gasteiger partial charge in [0.05, 0.1) is 39.1 Å². The number of hydrogen-bond acceptors (Lipinski definition) is 6. The van der Waals surface area contributed by atoms with Crippen LogP contribution in [0.2, 0.25) is 0 Å². The minimum Gasteiger partial charge on any atom is -0.493 e. The Morgan fingerprint density at radius 3 is 2.59 bits per heavy atom. The highest BCUT2D eigenvalue weighted by Crippen LogP contribution is 2.28. The maximum Gasteiger partial charge on any atom is 0.229 e. The second kappa shape index (κ2) is 9.27. The third-order valence-electron chi connectivity index (χ3n) is 4.92.